The number of carbonyl (C=O) groups excluding carboxylic acids is 2. The normalized spacial score (nSPS) is 12.8. The molecule has 0 radical (unpaired) electrons. The number of carbonyl (C=O) groups is 2. The summed E-state index contributed by atoms with van der Waals surface area (Å²) in [5.74, 6) is -3.35. The fraction of sp³-hybridized carbons (Fsp3) is 0.600. The second-order valence-electron chi connectivity index (χ2n) is 5.99. The maximum absolute atomic E-state index is 13.8. The molecular weight excluding hydrogens is 494 g/mol. The molecule has 0 fully saturated rings. The van der Waals surface area contributed by atoms with Gasteiger partial charge in [-0.05, 0) is 53.7 Å². The van der Waals surface area contributed by atoms with Gasteiger partial charge in [0.1, 0.15) is 5.76 Å². The first kappa shape index (κ1) is 30.1. The molecule has 0 saturated carbocycles. The fourth-order valence-corrected chi connectivity index (χ4v) is 5.61. The lowest BCUT2D eigenvalue weighted by Crippen LogP contribution is -2.15. The summed E-state index contributed by atoms with van der Waals surface area (Å²) in [4.78, 5) is 25.1. The Bertz CT molecular complexity index is 916. The van der Waals surface area contributed by atoms with Crippen LogP contribution in [0.2, 0.25) is 0 Å². The van der Waals surface area contributed by atoms with Gasteiger partial charge in [-0.2, -0.15) is 0 Å². The molecule has 0 saturated heterocycles. The SMILES string of the molecule is CCOC(=O)C(OP(=O)(OCC)OCC)=C(c1ccc(C(=O)OCC)o1)P(=O)(OCC)OCC. The summed E-state index contributed by atoms with van der Waals surface area (Å²) in [6.45, 7) is 8.89. The highest BCUT2D eigenvalue weighted by Gasteiger charge is 2.43. The third-order valence-electron chi connectivity index (χ3n) is 3.64. The predicted molar refractivity (Wildman–Crippen MR) is 121 cm³/mol. The van der Waals surface area contributed by atoms with E-state index in [4.69, 9.17) is 36.5 Å². The molecule has 0 spiro atoms. The molecule has 194 valence electrons. The van der Waals surface area contributed by atoms with Crippen molar-refractivity contribution in [3.63, 3.8) is 0 Å². The van der Waals surface area contributed by atoms with E-state index >= 15 is 0 Å². The molecule has 0 N–H and O–H groups in total. The van der Waals surface area contributed by atoms with Crippen molar-refractivity contribution in [2.24, 2.45) is 0 Å². The number of esters is 2. The Morgan fingerprint density at radius 2 is 1.24 bits per heavy atom. The lowest BCUT2D eigenvalue weighted by Gasteiger charge is -2.23. The average molecular weight is 526 g/mol. The van der Waals surface area contributed by atoms with Gasteiger partial charge in [-0.25, -0.2) is 14.2 Å². The summed E-state index contributed by atoms with van der Waals surface area (Å²) in [6.07, 6.45) is 0. The van der Waals surface area contributed by atoms with E-state index in [1.54, 1.807) is 20.8 Å². The second kappa shape index (κ2) is 14.5. The Balaban J connectivity index is 3.93. The number of ether oxygens (including phenoxy) is 2. The van der Waals surface area contributed by atoms with Gasteiger partial charge in [0.15, 0.2) is 5.31 Å². The number of furan rings is 1. The van der Waals surface area contributed by atoms with Gasteiger partial charge in [-0.1, -0.05) is 0 Å². The topological polar surface area (TPSA) is 146 Å². The first-order chi connectivity index (χ1) is 16.1. The number of hydrogen-bond acceptors (Lipinski definition) is 12. The van der Waals surface area contributed by atoms with Crippen molar-refractivity contribution in [3.8, 4) is 0 Å². The van der Waals surface area contributed by atoms with E-state index in [2.05, 4.69) is 0 Å². The molecule has 1 heterocycles. The van der Waals surface area contributed by atoms with E-state index in [9.17, 15) is 18.7 Å². The monoisotopic (exact) mass is 526 g/mol. The zero-order valence-electron chi connectivity index (χ0n) is 20.2. The van der Waals surface area contributed by atoms with E-state index in [0.29, 0.717) is 0 Å². The van der Waals surface area contributed by atoms with Crippen molar-refractivity contribution in [2.75, 3.05) is 39.6 Å². The van der Waals surface area contributed by atoms with Gasteiger partial charge >= 0.3 is 27.4 Å². The van der Waals surface area contributed by atoms with Gasteiger partial charge in [0.25, 0.3) is 0 Å². The van der Waals surface area contributed by atoms with Crippen LogP contribution in [0.4, 0.5) is 0 Å². The van der Waals surface area contributed by atoms with Crippen LogP contribution < -0.4 is 0 Å². The highest BCUT2D eigenvalue weighted by molar-refractivity contribution is 7.65. The molecule has 0 aliphatic carbocycles. The largest absolute Gasteiger partial charge is 0.530 e. The first-order valence-corrected chi connectivity index (χ1v) is 13.8. The van der Waals surface area contributed by atoms with Crippen molar-refractivity contribution >= 4 is 32.7 Å². The molecular formula is C20H32O12P2. The van der Waals surface area contributed by atoms with Gasteiger partial charge in [0.2, 0.25) is 11.5 Å². The predicted octanol–water partition coefficient (Wildman–Crippen LogP) is 5.15. The van der Waals surface area contributed by atoms with Crippen LogP contribution in [-0.4, -0.2) is 51.6 Å². The molecule has 0 aromatic carbocycles. The molecule has 1 aromatic heterocycles. The molecule has 1 rings (SSSR count). The van der Waals surface area contributed by atoms with Crippen LogP contribution in [0.5, 0.6) is 0 Å². The van der Waals surface area contributed by atoms with E-state index in [0.717, 1.165) is 0 Å². The Kier molecular flexibility index (Phi) is 12.8. The molecule has 0 aliphatic rings. The van der Waals surface area contributed by atoms with Gasteiger partial charge in [-0.15, -0.1) is 0 Å². The van der Waals surface area contributed by atoms with Crippen LogP contribution in [0.1, 0.15) is 57.9 Å². The number of hydrogen-bond donors (Lipinski definition) is 0. The molecule has 0 aliphatic heterocycles. The zero-order valence-corrected chi connectivity index (χ0v) is 22.0. The lowest BCUT2D eigenvalue weighted by molar-refractivity contribution is -0.141. The van der Waals surface area contributed by atoms with Gasteiger partial charge in [-0.3, -0.25) is 13.6 Å². The van der Waals surface area contributed by atoms with Crippen LogP contribution in [-0.2, 0) is 46.0 Å². The van der Waals surface area contributed by atoms with E-state index in [1.807, 2.05) is 0 Å². The summed E-state index contributed by atoms with van der Waals surface area (Å²) in [5.41, 5.74) is 0. The molecule has 14 heteroatoms. The summed E-state index contributed by atoms with van der Waals surface area (Å²) < 4.78 is 68.8. The maximum atomic E-state index is 13.8. The number of phosphoric acid groups is 1. The highest BCUT2D eigenvalue weighted by atomic mass is 31.2. The third kappa shape index (κ3) is 8.08. The Hall–Kier alpha value is -1.94. The summed E-state index contributed by atoms with van der Waals surface area (Å²) in [5, 5.41) is -0.551. The van der Waals surface area contributed by atoms with Crippen molar-refractivity contribution in [3.05, 3.63) is 29.4 Å². The standard InChI is InChI=1S/C20H32O12P2/c1-7-25-19(21)16-14-13-15(31-16)18(33(23,27-9-3)28-10-4)17(20(22)26-8-2)32-34(24,29-11-5)30-12-6/h13-14H,7-12H2,1-6H3. The lowest BCUT2D eigenvalue weighted by atomic mass is 10.3. The Morgan fingerprint density at radius 3 is 1.71 bits per heavy atom. The molecule has 12 nitrogen and oxygen atoms in total. The number of phosphoric ester groups is 1. The Labute approximate surface area is 199 Å². The van der Waals surface area contributed by atoms with Gasteiger partial charge in [0.05, 0.1) is 39.6 Å². The van der Waals surface area contributed by atoms with Crippen molar-refractivity contribution in [1.82, 2.24) is 0 Å². The van der Waals surface area contributed by atoms with E-state index in [-0.39, 0.29) is 51.2 Å². The smallest absolute Gasteiger partial charge is 0.460 e. The summed E-state index contributed by atoms with van der Waals surface area (Å²) in [6, 6.07) is 2.48. The molecule has 0 unspecified atom stereocenters. The van der Waals surface area contributed by atoms with Crippen molar-refractivity contribution in [1.29, 1.82) is 0 Å². The van der Waals surface area contributed by atoms with Crippen molar-refractivity contribution in [2.45, 2.75) is 41.5 Å². The van der Waals surface area contributed by atoms with Gasteiger partial charge < -0.3 is 27.5 Å². The highest BCUT2D eigenvalue weighted by Crippen LogP contribution is 2.64. The van der Waals surface area contributed by atoms with Crippen molar-refractivity contribution < 1.29 is 55.2 Å². The van der Waals surface area contributed by atoms with E-state index in [1.165, 1.54) is 32.9 Å². The van der Waals surface area contributed by atoms with E-state index < -0.39 is 38.4 Å². The van der Waals surface area contributed by atoms with Crippen LogP contribution in [0.25, 0.3) is 5.31 Å². The minimum atomic E-state index is -4.38. The van der Waals surface area contributed by atoms with Crippen LogP contribution >= 0.6 is 15.4 Å². The average Bonchev–Trinajstić information content (AvgIpc) is 3.24. The molecule has 0 bridgehead atoms. The molecule has 34 heavy (non-hydrogen) atoms. The minimum Gasteiger partial charge on any atom is -0.460 e. The van der Waals surface area contributed by atoms with Crippen LogP contribution in [0.3, 0.4) is 0 Å². The fourth-order valence-electron chi connectivity index (χ4n) is 2.55. The van der Waals surface area contributed by atoms with Crippen LogP contribution in [0.15, 0.2) is 22.3 Å². The quantitative estimate of drug-likeness (QED) is 0.121. The molecule has 0 atom stereocenters. The first-order valence-electron chi connectivity index (χ1n) is 10.8. The van der Waals surface area contributed by atoms with Crippen LogP contribution in [0, 0.1) is 0 Å². The minimum absolute atomic E-state index is 0.0804. The summed E-state index contributed by atoms with van der Waals surface area (Å²) in [7, 11) is -8.75. The maximum Gasteiger partial charge on any atom is 0.530 e. The molecule has 1 aromatic rings. The molecule has 0 amide bonds. The van der Waals surface area contributed by atoms with Gasteiger partial charge in [0, 0.05) is 0 Å². The zero-order chi connectivity index (χ0) is 25.8. The second-order valence-corrected chi connectivity index (χ2v) is 9.54. The Morgan fingerprint density at radius 1 is 0.735 bits per heavy atom. The third-order valence-corrected chi connectivity index (χ3v) is 7.36. The number of rotatable bonds is 16. The summed E-state index contributed by atoms with van der Waals surface area (Å²) >= 11 is 0.